The molecule has 1 atom stereocenters. The summed E-state index contributed by atoms with van der Waals surface area (Å²) in [5, 5.41) is 2.28. The second-order valence-corrected chi connectivity index (χ2v) is 4.97. The molecule has 1 aromatic carbocycles. The van der Waals surface area contributed by atoms with Gasteiger partial charge in [0, 0.05) is 6.42 Å². The fourth-order valence-corrected chi connectivity index (χ4v) is 2.64. The fraction of sp³-hybridized carbons (Fsp3) is 0.357. The van der Waals surface area contributed by atoms with Crippen molar-refractivity contribution in [3.63, 3.8) is 0 Å². The van der Waals surface area contributed by atoms with Crippen molar-refractivity contribution in [1.29, 1.82) is 0 Å². The molecule has 6 nitrogen and oxygen atoms in total. The molecule has 6 heteroatoms. The normalized spacial score (nSPS) is 19.4. The highest BCUT2D eigenvalue weighted by molar-refractivity contribution is 6.00. The third-order valence-electron chi connectivity index (χ3n) is 3.71. The number of imide groups is 1. The highest BCUT2D eigenvalue weighted by Gasteiger charge is 2.30. The van der Waals surface area contributed by atoms with Crippen LogP contribution in [0.5, 0.6) is 0 Å². The van der Waals surface area contributed by atoms with Gasteiger partial charge in [0.1, 0.15) is 6.04 Å². The van der Waals surface area contributed by atoms with E-state index in [4.69, 9.17) is 0 Å². The van der Waals surface area contributed by atoms with Crippen molar-refractivity contribution in [2.45, 2.75) is 32.2 Å². The number of hydrogen-bond donors (Lipinski definition) is 2. The number of fused-ring (bicyclic) bond motifs is 1. The Morgan fingerprint density at radius 1 is 1.30 bits per heavy atom. The average molecular weight is 273 g/mol. The molecule has 1 aliphatic rings. The number of aromatic nitrogens is 2. The van der Waals surface area contributed by atoms with Crippen molar-refractivity contribution in [2.24, 2.45) is 0 Å². The standard InChI is InChI=1S/C14H15N3O3/c1-2-8-3-4-10-9(7-8)15-14(20)17(10)11-5-6-12(18)16-13(11)19/h3-4,7,11H,2,5-6H2,1H3,(H,15,20)(H,16,18,19). The molecular weight excluding hydrogens is 258 g/mol. The average Bonchev–Trinajstić information content (AvgIpc) is 2.74. The summed E-state index contributed by atoms with van der Waals surface area (Å²) in [6.45, 7) is 2.04. The molecule has 2 heterocycles. The maximum Gasteiger partial charge on any atom is 0.327 e. The number of hydrogen-bond acceptors (Lipinski definition) is 3. The lowest BCUT2D eigenvalue weighted by atomic mass is 10.1. The van der Waals surface area contributed by atoms with E-state index in [2.05, 4.69) is 10.3 Å². The quantitative estimate of drug-likeness (QED) is 0.796. The number of rotatable bonds is 2. The Bertz CT molecular complexity index is 757. The Labute approximate surface area is 114 Å². The predicted molar refractivity (Wildman–Crippen MR) is 73.4 cm³/mol. The van der Waals surface area contributed by atoms with E-state index in [0.717, 1.165) is 17.5 Å². The van der Waals surface area contributed by atoms with E-state index in [1.54, 1.807) is 0 Å². The smallest absolute Gasteiger partial charge is 0.306 e. The van der Waals surface area contributed by atoms with Crippen LogP contribution in [0.2, 0.25) is 0 Å². The molecule has 104 valence electrons. The first-order chi connectivity index (χ1) is 9.60. The second-order valence-electron chi connectivity index (χ2n) is 4.97. The molecular formula is C14H15N3O3. The van der Waals surface area contributed by atoms with Gasteiger partial charge in [0.2, 0.25) is 11.8 Å². The van der Waals surface area contributed by atoms with E-state index in [1.807, 2.05) is 25.1 Å². The van der Waals surface area contributed by atoms with Crippen LogP contribution < -0.4 is 11.0 Å². The molecule has 1 fully saturated rings. The van der Waals surface area contributed by atoms with Gasteiger partial charge >= 0.3 is 5.69 Å². The molecule has 0 bridgehead atoms. The van der Waals surface area contributed by atoms with E-state index in [-0.39, 0.29) is 18.0 Å². The number of H-pyrrole nitrogens is 1. The molecule has 1 aliphatic heterocycles. The third kappa shape index (κ3) is 1.93. The molecule has 1 saturated heterocycles. The zero-order valence-corrected chi connectivity index (χ0v) is 11.1. The van der Waals surface area contributed by atoms with E-state index >= 15 is 0 Å². The van der Waals surface area contributed by atoms with Crippen LogP contribution in [-0.4, -0.2) is 21.4 Å². The SMILES string of the molecule is CCc1ccc2c(c1)[nH]c(=O)n2C1CCC(=O)NC1=O. The minimum Gasteiger partial charge on any atom is -0.306 e. The summed E-state index contributed by atoms with van der Waals surface area (Å²) in [5.74, 6) is -0.698. The summed E-state index contributed by atoms with van der Waals surface area (Å²) in [6, 6.07) is 5.08. The molecule has 0 spiro atoms. The summed E-state index contributed by atoms with van der Waals surface area (Å²) in [5.41, 5.74) is 2.22. The molecule has 20 heavy (non-hydrogen) atoms. The predicted octanol–water partition coefficient (Wildman–Crippen LogP) is 0.870. The first-order valence-electron chi connectivity index (χ1n) is 6.67. The van der Waals surface area contributed by atoms with E-state index < -0.39 is 11.9 Å². The van der Waals surface area contributed by atoms with Gasteiger partial charge in [-0.2, -0.15) is 0 Å². The molecule has 2 N–H and O–H groups in total. The van der Waals surface area contributed by atoms with Gasteiger partial charge in [-0.25, -0.2) is 4.79 Å². The van der Waals surface area contributed by atoms with Crippen molar-refractivity contribution < 1.29 is 9.59 Å². The van der Waals surface area contributed by atoms with E-state index in [0.29, 0.717) is 11.9 Å². The lowest BCUT2D eigenvalue weighted by molar-refractivity contribution is -0.135. The Morgan fingerprint density at radius 3 is 2.80 bits per heavy atom. The van der Waals surface area contributed by atoms with E-state index in [9.17, 15) is 14.4 Å². The van der Waals surface area contributed by atoms with Crippen LogP contribution in [0.3, 0.4) is 0 Å². The summed E-state index contributed by atoms with van der Waals surface area (Å²) in [7, 11) is 0. The molecule has 0 radical (unpaired) electrons. The van der Waals surface area contributed by atoms with Gasteiger partial charge in [-0.15, -0.1) is 0 Å². The number of aryl methyl sites for hydroxylation is 1. The van der Waals surface area contributed by atoms with Gasteiger partial charge in [-0.3, -0.25) is 19.5 Å². The summed E-state index contributed by atoms with van der Waals surface area (Å²) in [4.78, 5) is 38.0. The lowest BCUT2D eigenvalue weighted by Crippen LogP contribution is -2.43. The number of carbonyl (C=O) groups is 2. The largest absolute Gasteiger partial charge is 0.327 e. The summed E-state index contributed by atoms with van der Waals surface area (Å²) >= 11 is 0. The van der Waals surface area contributed by atoms with Crippen LogP contribution in [0.15, 0.2) is 23.0 Å². The number of imidazole rings is 1. The zero-order valence-electron chi connectivity index (χ0n) is 11.1. The van der Waals surface area contributed by atoms with Gasteiger partial charge in [0.15, 0.2) is 0 Å². The maximum absolute atomic E-state index is 12.1. The first kappa shape index (κ1) is 12.7. The Morgan fingerprint density at radius 2 is 2.10 bits per heavy atom. The Kier molecular flexibility index (Phi) is 2.93. The third-order valence-corrected chi connectivity index (χ3v) is 3.71. The molecule has 0 saturated carbocycles. The minimum atomic E-state index is -0.624. The number of nitrogens with zero attached hydrogens (tertiary/aromatic N) is 1. The second kappa shape index (κ2) is 4.63. The summed E-state index contributed by atoms with van der Waals surface area (Å²) in [6.07, 6.45) is 1.48. The first-order valence-corrected chi connectivity index (χ1v) is 6.67. The number of piperidine rings is 1. The topological polar surface area (TPSA) is 84.0 Å². The molecule has 2 amide bonds. The van der Waals surface area contributed by atoms with E-state index in [1.165, 1.54) is 4.57 Å². The fourth-order valence-electron chi connectivity index (χ4n) is 2.64. The van der Waals surface area contributed by atoms with Crippen LogP contribution in [-0.2, 0) is 16.0 Å². The van der Waals surface area contributed by atoms with Gasteiger partial charge < -0.3 is 4.98 Å². The minimum absolute atomic E-state index is 0.253. The van der Waals surface area contributed by atoms with Crippen molar-refractivity contribution in [2.75, 3.05) is 0 Å². The number of amides is 2. The van der Waals surface area contributed by atoms with Gasteiger partial charge in [-0.05, 0) is 30.5 Å². The molecule has 1 aromatic heterocycles. The zero-order chi connectivity index (χ0) is 14.3. The van der Waals surface area contributed by atoms with Crippen LogP contribution in [0.25, 0.3) is 11.0 Å². The maximum atomic E-state index is 12.1. The lowest BCUT2D eigenvalue weighted by Gasteiger charge is -2.21. The van der Waals surface area contributed by atoms with Crippen LogP contribution in [0.1, 0.15) is 31.4 Å². The summed E-state index contributed by atoms with van der Waals surface area (Å²) < 4.78 is 1.44. The highest BCUT2D eigenvalue weighted by atomic mass is 16.2. The van der Waals surface area contributed by atoms with Gasteiger partial charge in [0.25, 0.3) is 0 Å². The van der Waals surface area contributed by atoms with Crippen molar-refractivity contribution in [3.8, 4) is 0 Å². The van der Waals surface area contributed by atoms with Crippen LogP contribution >= 0.6 is 0 Å². The number of nitrogens with one attached hydrogen (secondary N) is 2. The van der Waals surface area contributed by atoms with Gasteiger partial charge in [-0.1, -0.05) is 13.0 Å². The monoisotopic (exact) mass is 273 g/mol. The molecule has 0 aliphatic carbocycles. The number of carbonyl (C=O) groups excluding carboxylic acids is 2. The molecule has 3 rings (SSSR count). The number of aromatic amines is 1. The molecule has 2 aromatic rings. The van der Waals surface area contributed by atoms with Crippen molar-refractivity contribution in [3.05, 3.63) is 34.2 Å². The van der Waals surface area contributed by atoms with Gasteiger partial charge in [0.05, 0.1) is 11.0 Å². The number of benzene rings is 1. The highest BCUT2D eigenvalue weighted by Crippen LogP contribution is 2.22. The van der Waals surface area contributed by atoms with Crippen molar-refractivity contribution in [1.82, 2.24) is 14.9 Å². The van der Waals surface area contributed by atoms with Crippen LogP contribution in [0, 0.1) is 0 Å². The molecule has 1 unspecified atom stereocenters. The Balaban J connectivity index is 2.12. The Hall–Kier alpha value is -2.37. The van der Waals surface area contributed by atoms with Crippen LogP contribution in [0.4, 0.5) is 0 Å². The van der Waals surface area contributed by atoms with Crippen molar-refractivity contribution >= 4 is 22.8 Å².